The third-order valence-corrected chi connectivity index (χ3v) is 5.18. The van der Waals surface area contributed by atoms with Crippen molar-refractivity contribution in [2.75, 3.05) is 0 Å². The summed E-state index contributed by atoms with van der Waals surface area (Å²) in [6.07, 6.45) is 6.54. The Morgan fingerprint density at radius 3 is 2.36 bits per heavy atom. The fourth-order valence-electron chi connectivity index (χ4n) is 3.05. The van der Waals surface area contributed by atoms with Crippen molar-refractivity contribution in [2.24, 2.45) is 5.73 Å². The minimum atomic E-state index is -1.26. The van der Waals surface area contributed by atoms with Gasteiger partial charge in [-0.15, -0.1) is 0 Å². The molecule has 0 amide bonds. The van der Waals surface area contributed by atoms with Gasteiger partial charge in [-0.05, 0) is 37.1 Å². The summed E-state index contributed by atoms with van der Waals surface area (Å²) >= 11 is 3.46. The molecule has 0 aliphatic rings. The number of halogens is 1. The normalized spacial score (nSPS) is 11.7. The van der Waals surface area contributed by atoms with Crippen LogP contribution in [-0.4, -0.2) is 38.6 Å². The van der Waals surface area contributed by atoms with Crippen LogP contribution in [0.1, 0.15) is 39.0 Å². The molecule has 1 heterocycles. The number of H-pyrrole nitrogens is 1. The largest absolute Gasteiger partial charge is 0.478 e. The van der Waals surface area contributed by atoms with Crippen LogP contribution >= 0.6 is 15.9 Å². The zero-order valence-electron chi connectivity index (χ0n) is 18.3. The Labute approximate surface area is 200 Å². The second-order valence-corrected chi connectivity index (χ2v) is 8.22. The number of nitrogens with two attached hydrogens (primary N) is 1. The van der Waals surface area contributed by atoms with Gasteiger partial charge in [0, 0.05) is 33.6 Å². The van der Waals surface area contributed by atoms with Gasteiger partial charge in [-0.2, -0.15) is 5.10 Å². The van der Waals surface area contributed by atoms with Gasteiger partial charge in [-0.1, -0.05) is 54.2 Å². The Morgan fingerprint density at radius 2 is 1.76 bits per heavy atom. The Morgan fingerprint density at radius 1 is 1.09 bits per heavy atom. The molecular weight excluding hydrogens is 490 g/mol. The number of benzene rings is 2. The second kappa shape index (κ2) is 13.4. The molecule has 8 nitrogen and oxygen atoms in total. The van der Waals surface area contributed by atoms with Crippen molar-refractivity contribution in [3.05, 3.63) is 59.1 Å². The summed E-state index contributed by atoms with van der Waals surface area (Å²) in [4.78, 5) is 19.1. The van der Waals surface area contributed by atoms with Crippen LogP contribution in [-0.2, 0) is 9.59 Å². The van der Waals surface area contributed by atoms with E-state index in [9.17, 15) is 9.59 Å². The van der Waals surface area contributed by atoms with Crippen LogP contribution in [0.3, 0.4) is 0 Å². The number of carbonyl (C=O) groups is 2. The van der Waals surface area contributed by atoms with E-state index in [0.29, 0.717) is 12.2 Å². The van der Waals surface area contributed by atoms with E-state index >= 15 is 0 Å². The smallest absolute Gasteiger partial charge is 0.328 e. The molecule has 0 saturated carbocycles. The first-order valence-corrected chi connectivity index (χ1v) is 11.4. The maximum Gasteiger partial charge on any atom is 0.328 e. The van der Waals surface area contributed by atoms with Gasteiger partial charge in [0.25, 0.3) is 0 Å². The highest BCUT2D eigenvalue weighted by atomic mass is 79.9. The minimum Gasteiger partial charge on any atom is -0.478 e. The number of rotatable bonds is 10. The number of ether oxygens (including phenoxy) is 1. The molecule has 0 saturated heterocycles. The maximum absolute atomic E-state index is 9.55. The van der Waals surface area contributed by atoms with E-state index in [1.54, 1.807) is 0 Å². The predicted octanol–water partition coefficient (Wildman–Crippen LogP) is 5.34. The number of aromatic nitrogens is 2. The van der Waals surface area contributed by atoms with Crippen LogP contribution in [0.2, 0.25) is 0 Å². The number of hydrogen-bond acceptors (Lipinski definition) is 5. The van der Waals surface area contributed by atoms with Crippen LogP contribution in [0.5, 0.6) is 5.75 Å². The van der Waals surface area contributed by atoms with Gasteiger partial charge in [-0.25, -0.2) is 9.59 Å². The first-order valence-electron chi connectivity index (χ1n) is 10.6. The second-order valence-electron chi connectivity index (χ2n) is 7.30. The lowest BCUT2D eigenvalue weighted by Gasteiger charge is -2.14. The molecule has 1 atom stereocenters. The number of unbranched alkanes of at least 4 members (excludes halogenated alkanes) is 3. The zero-order chi connectivity index (χ0) is 24.2. The fraction of sp³-hybridized carbons (Fsp3) is 0.292. The average molecular weight is 518 g/mol. The SMILES string of the molecule is CCCCCCC(N)Oc1ccc2c(-c3ccc(Br)cc3)n[nH]c2c1.O=C(O)/C=C/C(=O)O. The molecule has 0 radical (unpaired) electrons. The zero-order valence-corrected chi connectivity index (χ0v) is 19.9. The van der Waals surface area contributed by atoms with Gasteiger partial charge in [0.15, 0.2) is 0 Å². The first-order chi connectivity index (χ1) is 15.8. The molecule has 176 valence electrons. The summed E-state index contributed by atoms with van der Waals surface area (Å²) in [5.74, 6) is -1.73. The Kier molecular flexibility index (Phi) is 10.6. The molecule has 1 unspecified atom stereocenters. The number of carboxylic acid groups (broad SMARTS) is 2. The Bertz CT molecular complexity index is 1060. The monoisotopic (exact) mass is 517 g/mol. The molecule has 5 N–H and O–H groups in total. The molecule has 0 bridgehead atoms. The topological polar surface area (TPSA) is 139 Å². The molecule has 0 fully saturated rings. The summed E-state index contributed by atoms with van der Waals surface area (Å²) in [5.41, 5.74) is 9.06. The number of carboxylic acids is 2. The van der Waals surface area contributed by atoms with Crippen LogP contribution < -0.4 is 10.5 Å². The minimum absolute atomic E-state index is 0.261. The average Bonchev–Trinajstić information content (AvgIpc) is 3.19. The molecule has 33 heavy (non-hydrogen) atoms. The number of nitrogens with zero attached hydrogens (tertiary/aromatic N) is 1. The molecule has 0 spiro atoms. The molecule has 3 rings (SSSR count). The van der Waals surface area contributed by atoms with Gasteiger partial charge >= 0.3 is 11.9 Å². The van der Waals surface area contributed by atoms with Gasteiger partial charge < -0.3 is 14.9 Å². The molecule has 0 aliphatic heterocycles. The highest BCUT2D eigenvalue weighted by Gasteiger charge is 2.10. The van der Waals surface area contributed by atoms with E-state index in [1.807, 2.05) is 30.3 Å². The van der Waals surface area contributed by atoms with Gasteiger partial charge in [0.1, 0.15) is 12.0 Å². The van der Waals surface area contributed by atoms with E-state index < -0.39 is 11.9 Å². The maximum atomic E-state index is 9.55. The predicted molar refractivity (Wildman–Crippen MR) is 131 cm³/mol. The summed E-state index contributed by atoms with van der Waals surface area (Å²) < 4.78 is 6.91. The standard InChI is InChI=1S/C20H24BrN3O.C4H4O4/c1-2-3-4-5-6-19(22)25-16-11-12-17-18(13-16)23-24-20(17)14-7-9-15(21)10-8-14;5-3(6)1-2-4(7)8/h7-13,19H,2-6,22H2,1H3,(H,23,24);1-2H,(H,5,6)(H,7,8)/b;2-1+. The van der Waals surface area contributed by atoms with Crippen molar-refractivity contribution in [1.82, 2.24) is 10.2 Å². The molecule has 1 aromatic heterocycles. The van der Waals surface area contributed by atoms with Gasteiger partial charge in [0.05, 0.1) is 11.2 Å². The summed E-state index contributed by atoms with van der Waals surface area (Å²) in [7, 11) is 0. The van der Waals surface area contributed by atoms with Crippen molar-refractivity contribution < 1.29 is 24.5 Å². The highest BCUT2D eigenvalue weighted by molar-refractivity contribution is 9.10. The summed E-state index contributed by atoms with van der Waals surface area (Å²) in [6, 6.07) is 14.1. The van der Waals surface area contributed by atoms with E-state index in [4.69, 9.17) is 20.7 Å². The van der Waals surface area contributed by atoms with Crippen LogP contribution in [0.25, 0.3) is 22.2 Å². The van der Waals surface area contributed by atoms with E-state index in [1.165, 1.54) is 19.3 Å². The molecule has 9 heteroatoms. The number of aliphatic carboxylic acids is 2. The summed E-state index contributed by atoms with van der Waals surface area (Å²) in [6.45, 7) is 2.21. The number of fused-ring (bicyclic) bond motifs is 1. The van der Waals surface area contributed by atoms with Crippen molar-refractivity contribution in [2.45, 2.75) is 45.3 Å². The first kappa shape index (κ1) is 26.1. The fourth-order valence-corrected chi connectivity index (χ4v) is 3.31. The Hall–Kier alpha value is -3.17. The Balaban J connectivity index is 0.000000414. The quantitative estimate of drug-likeness (QED) is 0.161. The van der Waals surface area contributed by atoms with Crippen LogP contribution in [0, 0.1) is 0 Å². The van der Waals surface area contributed by atoms with Crippen LogP contribution in [0.15, 0.2) is 59.1 Å². The molecule has 3 aromatic rings. The lowest BCUT2D eigenvalue weighted by molar-refractivity contribution is -0.134. The molecule has 2 aromatic carbocycles. The van der Waals surface area contributed by atoms with E-state index in [0.717, 1.165) is 45.2 Å². The number of nitrogens with one attached hydrogen (secondary N) is 1. The van der Waals surface area contributed by atoms with Gasteiger partial charge in [-0.3, -0.25) is 10.8 Å². The van der Waals surface area contributed by atoms with Crippen molar-refractivity contribution in [1.29, 1.82) is 0 Å². The number of hydrogen-bond donors (Lipinski definition) is 4. The highest BCUT2D eigenvalue weighted by Crippen LogP contribution is 2.29. The van der Waals surface area contributed by atoms with Crippen molar-refractivity contribution >= 4 is 38.8 Å². The molecular formula is C24H28BrN3O5. The third-order valence-electron chi connectivity index (χ3n) is 4.65. The van der Waals surface area contributed by atoms with Crippen molar-refractivity contribution in [3.8, 4) is 17.0 Å². The van der Waals surface area contributed by atoms with Gasteiger partial charge in [0.2, 0.25) is 0 Å². The third kappa shape index (κ3) is 9.07. The lowest BCUT2D eigenvalue weighted by Crippen LogP contribution is -2.26. The number of aromatic amines is 1. The van der Waals surface area contributed by atoms with E-state index in [2.05, 4.69) is 45.2 Å². The lowest BCUT2D eigenvalue weighted by atomic mass is 10.1. The van der Waals surface area contributed by atoms with Crippen molar-refractivity contribution in [3.63, 3.8) is 0 Å². The summed E-state index contributed by atoms with van der Waals surface area (Å²) in [5, 5.41) is 24.3. The molecule has 0 aliphatic carbocycles. The van der Waals surface area contributed by atoms with E-state index in [-0.39, 0.29) is 6.23 Å². The van der Waals surface area contributed by atoms with Crippen LogP contribution in [0.4, 0.5) is 0 Å².